The molecule has 3 N–H and O–H groups in total. The number of thioether (sulfide) groups is 1. The highest BCUT2D eigenvalue weighted by atomic mass is 35.5. The van der Waals surface area contributed by atoms with E-state index in [9.17, 15) is 9.59 Å². The van der Waals surface area contributed by atoms with E-state index in [-0.39, 0.29) is 23.5 Å². The van der Waals surface area contributed by atoms with Crippen LogP contribution in [-0.4, -0.2) is 23.3 Å². The minimum absolute atomic E-state index is 0.0748. The maximum atomic E-state index is 11.5. The Morgan fingerprint density at radius 3 is 2.76 bits per heavy atom. The molecule has 0 bridgehead atoms. The molecule has 0 aliphatic rings. The van der Waals surface area contributed by atoms with Crippen LogP contribution in [0.3, 0.4) is 0 Å². The summed E-state index contributed by atoms with van der Waals surface area (Å²) in [6.07, 6.45) is 0. The van der Waals surface area contributed by atoms with E-state index in [0.29, 0.717) is 4.34 Å². The number of hydrogen-bond acceptors (Lipinski definition) is 4. The van der Waals surface area contributed by atoms with Gasteiger partial charge in [-0.25, -0.2) is 0 Å². The lowest BCUT2D eigenvalue weighted by molar-refractivity contribution is -0.119. The summed E-state index contributed by atoms with van der Waals surface area (Å²) in [4.78, 5) is 23.0. The number of thiophene rings is 1. The molecule has 0 aliphatic carbocycles. The van der Waals surface area contributed by atoms with Crippen molar-refractivity contribution in [2.45, 2.75) is 13.0 Å². The monoisotopic (exact) mass is 292 g/mol. The molecule has 0 radical (unpaired) electrons. The van der Waals surface area contributed by atoms with Gasteiger partial charge in [-0.05, 0) is 19.1 Å². The van der Waals surface area contributed by atoms with Crippen LogP contribution in [-0.2, 0) is 9.59 Å². The van der Waals surface area contributed by atoms with Crippen molar-refractivity contribution in [3.8, 4) is 0 Å². The van der Waals surface area contributed by atoms with Crippen LogP contribution in [0.2, 0.25) is 4.34 Å². The first-order chi connectivity index (χ1) is 7.99. The van der Waals surface area contributed by atoms with Crippen LogP contribution in [0.25, 0.3) is 0 Å². The van der Waals surface area contributed by atoms with Gasteiger partial charge in [0.05, 0.1) is 21.9 Å². The molecule has 1 atom stereocenters. The Labute approximate surface area is 113 Å². The Bertz CT molecular complexity index is 409. The lowest BCUT2D eigenvalue weighted by atomic mass is 10.3. The Kier molecular flexibility index (Phi) is 5.80. The minimum Gasteiger partial charge on any atom is -0.369 e. The molecular weight excluding hydrogens is 280 g/mol. The summed E-state index contributed by atoms with van der Waals surface area (Å²) in [6.45, 7) is 1.89. The van der Waals surface area contributed by atoms with Crippen LogP contribution < -0.4 is 11.1 Å². The Hall–Kier alpha value is -0.720. The fraction of sp³-hybridized carbons (Fsp3) is 0.400. The first kappa shape index (κ1) is 14.3. The van der Waals surface area contributed by atoms with Crippen molar-refractivity contribution < 1.29 is 9.59 Å². The third-order valence-corrected chi connectivity index (χ3v) is 4.24. The van der Waals surface area contributed by atoms with E-state index in [0.717, 1.165) is 4.88 Å². The normalized spacial score (nSPS) is 12.1. The van der Waals surface area contributed by atoms with Crippen molar-refractivity contribution in [1.82, 2.24) is 5.32 Å². The van der Waals surface area contributed by atoms with Crippen LogP contribution in [0, 0.1) is 0 Å². The van der Waals surface area contributed by atoms with E-state index < -0.39 is 5.91 Å². The van der Waals surface area contributed by atoms with E-state index in [1.165, 1.54) is 23.1 Å². The number of hydrogen-bond donors (Lipinski definition) is 2. The number of carbonyl (C=O) groups is 2. The molecule has 0 saturated carbocycles. The third-order valence-electron chi connectivity index (χ3n) is 1.88. The summed E-state index contributed by atoms with van der Waals surface area (Å²) in [5.74, 6) is -0.145. The average Bonchev–Trinajstić information content (AvgIpc) is 2.64. The number of halogens is 1. The molecule has 7 heteroatoms. The van der Waals surface area contributed by atoms with Crippen LogP contribution in [0.1, 0.15) is 17.8 Å². The quantitative estimate of drug-likeness (QED) is 0.840. The number of nitrogens with one attached hydrogen (secondary N) is 1. The van der Waals surface area contributed by atoms with Gasteiger partial charge in [0, 0.05) is 4.88 Å². The van der Waals surface area contributed by atoms with E-state index in [1.54, 1.807) is 6.07 Å². The first-order valence-electron chi connectivity index (χ1n) is 4.89. The van der Waals surface area contributed by atoms with Crippen molar-refractivity contribution in [2.75, 3.05) is 11.5 Å². The first-order valence-corrected chi connectivity index (χ1v) is 7.24. The summed E-state index contributed by atoms with van der Waals surface area (Å²) in [7, 11) is 0. The molecule has 0 aliphatic heterocycles. The van der Waals surface area contributed by atoms with Gasteiger partial charge in [-0.1, -0.05) is 11.6 Å². The topological polar surface area (TPSA) is 72.2 Å². The van der Waals surface area contributed by atoms with Gasteiger partial charge in [-0.15, -0.1) is 23.1 Å². The van der Waals surface area contributed by atoms with Gasteiger partial charge in [-0.2, -0.15) is 0 Å². The van der Waals surface area contributed by atoms with Crippen molar-refractivity contribution >= 4 is 46.5 Å². The lowest BCUT2D eigenvalue weighted by Gasteiger charge is -2.11. The van der Waals surface area contributed by atoms with E-state index in [1.807, 2.05) is 13.0 Å². The maximum absolute atomic E-state index is 11.5. The van der Waals surface area contributed by atoms with E-state index in [4.69, 9.17) is 17.3 Å². The fourth-order valence-corrected chi connectivity index (χ4v) is 2.79. The van der Waals surface area contributed by atoms with Crippen molar-refractivity contribution in [1.29, 1.82) is 0 Å². The van der Waals surface area contributed by atoms with Crippen molar-refractivity contribution in [3.05, 3.63) is 21.3 Å². The standard InChI is InChI=1S/C10H13ClN2O2S2/c1-6(7-2-3-8(11)17-7)13-10(15)5-16-4-9(12)14/h2-3,6H,4-5H2,1H3,(H2,12,14)(H,13,15). The van der Waals surface area contributed by atoms with Gasteiger partial charge in [-0.3, -0.25) is 9.59 Å². The van der Waals surface area contributed by atoms with Crippen LogP contribution in [0.5, 0.6) is 0 Å². The second-order valence-corrected chi connectivity index (χ2v) is 6.12. The van der Waals surface area contributed by atoms with Gasteiger partial charge in [0.25, 0.3) is 0 Å². The van der Waals surface area contributed by atoms with Crippen molar-refractivity contribution in [3.63, 3.8) is 0 Å². The predicted molar refractivity (Wildman–Crippen MR) is 72.4 cm³/mol. The summed E-state index contributed by atoms with van der Waals surface area (Å²) in [6, 6.07) is 3.61. The van der Waals surface area contributed by atoms with E-state index in [2.05, 4.69) is 5.32 Å². The summed E-state index contributed by atoms with van der Waals surface area (Å²) in [5.41, 5.74) is 4.97. The summed E-state index contributed by atoms with van der Waals surface area (Å²) < 4.78 is 0.698. The third kappa shape index (κ3) is 5.43. The number of primary amides is 1. The molecule has 94 valence electrons. The average molecular weight is 293 g/mol. The highest BCUT2D eigenvalue weighted by Crippen LogP contribution is 2.26. The molecule has 0 fully saturated rings. The Morgan fingerprint density at radius 2 is 2.24 bits per heavy atom. The van der Waals surface area contributed by atoms with Gasteiger partial charge in [0.15, 0.2) is 0 Å². The van der Waals surface area contributed by atoms with Crippen LogP contribution in [0.15, 0.2) is 12.1 Å². The second-order valence-electron chi connectivity index (χ2n) is 3.39. The zero-order valence-corrected chi connectivity index (χ0v) is 11.6. The maximum Gasteiger partial charge on any atom is 0.230 e. The highest BCUT2D eigenvalue weighted by molar-refractivity contribution is 8.00. The largest absolute Gasteiger partial charge is 0.369 e. The second kappa shape index (κ2) is 6.88. The van der Waals surface area contributed by atoms with Gasteiger partial charge < -0.3 is 11.1 Å². The van der Waals surface area contributed by atoms with E-state index >= 15 is 0 Å². The molecule has 1 rings (SSSR count). The molecular formula is C10H13ClN2O2S2. The molecule has 17 heavy (non-hydrogen) atoms. The molecule has 4 nitrogen and oxygen atoms in total. The zero-order valence-electron chi connectivity index (χ0n) is 9.23. The number of nitrogens with two attached hydrogens (primary N) is 1. The molecule has 1 aromatic heterocycles. The fourth-order valence-electron chi connectivity index (χ4n) is 1.16. The van der Waals surface area contributed by atoms with Gasteiger partial charge in [0.2, 0.25) is 11.8 Å². The molecule has 1 heterocycles. The van der Waals surface area contributed by atoms with Gasteiger partial charge >= 0.3 is 0 Å². The summed E-state index contributed by atoms with van der Waals surface area (Å²) >= 11 is 8.45. The minimum atomic E-state index is -0.416. The molecule has 0 spiro atoms. The SMILES string of the molecule is CC(NC(=O)CSCC(N)=O)c1ccc(Cl)s1. The molecule has 1 aromatic rings. The molecule has 2 amide bonds. The highest BCUT2D eigenvalue weighted by Gasteiger charge is 2.11. The zero-order chi connectivity index (χ0) is 12.8. The predicted octanol–water partition coefficient (Wildman–Crippen LogP) is 1.80. The summed E-state index contributed by atoms with van der Waals surface area (Å²) in [5, 5.41) is 2.82. The number of carbonyl (C=O) groups excluding carboxylic acids is 2. The number of amides is 2. The van der Waals surface area contributed by atoms with Gasteiger partial charge in [0.1, 0.15) is 0 Å². The van der Waals surface area contributed by atoms with Crippen LogP contribution >= 0.6 is 34.7 Å². The molecule has 0 saturated heterocycles. The molecule has 0 aromatic carbocycles. The number of rotatable bonds is 6. The molecule has 1 unspecified atom stereocenters. The van der Waals surface area contributed by atoms with Crippen molar-refractivity contribution in [2.24, 2.45) is 5.73 Å². The lowest BCUT2D eigenvalue weighted by Crippen LogP contribution is -2.28. The Morgan fingerprint density at radius 1 is 1.53 bits per heavy atom. The Balaban J connectivity index is 2.33. The smallest absolute Gasteiger partial charge is 0.230 e. The van der Waals surface area contributed by atoms with Crippen LogP contribution in [0.4, 0.5) is 0 Å².